The standard InChI is InChI=1S/C24H22ClNO5/c1-24-13-18(17-12-16(25)9-11-20(17)31-24)21(22(28)26(24)2)19(27)10-6-14-4-7-15(8-5-14)23(29)30-3/h4-12,18,21H,13H2,1-3H3. The van der Waals surface area contributed by atoms with E-state index in [1.165, 1.54) is 18.1 Å². The molecule has 2 heterocycles. The summed E-state index contributed by atoms with van der Waals surface area (Å²) >= 11 is 6.18. The van der Waals surface area contributed by atoms with Crippen molar-refractivity contribution in [1.82, 2.24) is 4.90 Å². The fourth-order valence-corrected chi connectivity index (χ4v) is 4.45. The van der Waals surface area contributed by atoms with Crippen molar-refractivity contribution in [1.29, 1.82) is 0 Å². The Labute approximate surface area is 185 Å². The lowest BCUT2D eigenvalue weighted by Gasteiger charge is -2.51. The number of halogens is 1. The fraction of sp³-hybridized carbons (Fsp3) is 0.292. The van der Waals surface area contributed by atoms with Gasteiger partial charge in [0.2, 0.25) is 5.91 Å². The second-order valence-electron chi connectivity index (χ2n) is 7.99. The molecule has 2 aliphatic heterocycles. The lowest BCUT2D eigenvalue weighted by Crippen LogP contribution is -2.62. The Bertz CT molecular complexity index is 1090. The molecule has 7 heteroatoms. The van der Waals surface area contributed by atoms with Gasteiger partial charge in [0.25, 0.3) is 0 Å². The molecule has 160 valence electrons. The van der Waals surface area contributed by atoms with E-state index in [9.17, 15) is 14.4 Å². The minimum atomic E-state index is -0.857. The molecule has 2 aliphatic rings. The molecule has 0 spiro atoms. The molecule has 31 heavy (non-hydrogen) atoms. The molecule has 1 amide bonds. The molecule has 2 aromatic carbocycles. The molecule has 0 N–H and O–H groups in total. The van der Waals surface area contributed by atoms with Crippen LogP contribution in [0.25, 0.3) is 6.08 Å². The van der Waals surface area contributed by atoms with Gasteiger partial charge in [-0.3, -0.25) is 9.59 Å². The van der Waals surface area contributed by atoms with Gasteiger partial charge in [-0.2, -0.15) is 0 Å². The third kappa shape index (κ3) is 3.72. The predicted octanol–water partition coefficient (Wildman–Crippen LogP) is 4.08. The molecule has 1 saturated heterocycles. The van der Waals surface area contributed by atoms with Gasteiger partial charge in [0.05, 0.1) is 12.7 Å². The van der Waals surface area contributed by atoms with E-state index < -0.39 is 17.6 Å². The summed E-state index contributed by atoms with van der Waals surface area (Å²) in [5.41, 5.74) is 1.12. The van der Waals surface area contributed by atoms with Gasteiger partial charge in [-0.25, -0.2) is 4.79 Å². The minimum absolute atomic E-state index is 0.278. The quantitative estimate of drug-likeness (QED) is 0.407. The molecule has 1 fully saturated rings. The normalized spacial score (nSPS) is 24.5. The summed E-state index contributed by atoms with van der Waals surface area (Å²) in [5, 5.41) is 0.532. The number of nitrogens with zero attached hydrogens (tertiary/aromatic N) is 1. The molecule has 2 aromatic rings. The van der Waals surface area contributed by atoms with Crippen molar-refractivity contribution in [3.8, 4) is 5.75 Å². The molecule has 3 atom stereocenters. The number of carbonyl (C=O) groups is 3. The largest absolute Gasteiger partial charge is 0.468 e. The zero-order valence-electron chi connectivity index (χ0n) is 17.4. The molecule has 0 radical (unpaired) electrons. The predicted molar refractivity (Wildman–Crippen MR) is 116 cm³/mol. The summed E-state index contributed by atoms with van der Waals surface area (Å²) in [6, 6.07) is 12.0. The smallest absolute Gasteiger partial charge is 0.337 e. The number of amides is 1. The lowest BCUT2D eigenvalue weighted by molar-refractivity contribution is -0.170. The highest BCUT2D eigenvalue weighted by Gasteiger charge is 2.54. The highest BCUT2D eigenvalue weighted by atomic mass is 35.5. The second kappa shape index (κ2) is 7.85. The number of ether oxygens (including phenoxy) is 2. The van der Waals surface area contributed by atoms with Crippen LogP contribution in [0.5, 0.6) is 5.75 Å². The zero-order valence-corrected chi connectivity index (χ0v) is 18.2. The van der Waals surface area contributed by atoms with E-state index in [4.69, 9.17) is 16.3 Å². The van der Waals surface area contributed by atoms with Gasteiger partial charge >= 0.3 is 5.97 Å². The zero-order chi connectivity index (χ0) is 22.3. The Kier molecular flexibility index (Phi) is 5.35. The van der Waals surface area contributed by atoms with Gasteiger partial charge in [0.15, 0.2) is 11.5 Å². The lowest BCUT2D eigenvalue weighted by atomic mass is 9.72. The van der Waals surface area contributed by atoms with Crippen LogP contribution in [0, 0.1) is 5.92 Å². The van der Waals surface area contributed by atoms with Crippen LogP contribution in [0.15, 0.2) is 48.5 Å². The van der Waals surface area contributed by atoms with Crippen molar-refractivity contribution in [3.05, 3.63) is 70.3 Å². The SMILES string of the molecule is COC(=O)c1ccc(C=CC(=O)C2C(=O)N(C)C3(C)CC2c2cc(Cl)ccc2O3)cc1. The summed E-state index contributed by atoms with van der Waals surface area (Å²) in [6.45, 7) is 1.86. The van der Waals surface area contributed by atoms with Crippen molar-refractivity contribution in [2.45, 2.75) is 25.0 Å². The molecule has 0 aliphatic carbocycles. The topological polar surface area (TPSA) is 72.9 Å². The van der Waals surface area contributed by atoms with Crippen LogP contribution in [-0.2, 0) is 14.3 Å². The maximum atomic E-state index is 13.2. The van der Waals surface area contributed by atoms with Crippen molar-refractivity contribution >= 4 is 35.3 Å². The number of esters is 1. The van der Waals surface area contributed by atoms with Crippen LogP contribution >= 0.6 is 11.6 Å². The molecular formula is C24H22ClNO5. The summed E-state index contributed by atoms with van der Waals surface area (Å²) in [6.07, 6.45) is 3.56. The first kappa shape index (κ1) is 21.1. The molecule has 6 nitrogen and oxygen atoms in total. The first-order chi connectivity index (χ1) is 14.7. The van der Waals surface area contributed by atoms with Crippen molar-refractivity contribution in [2.75, 3.05) is 14.2 Å². The van der Waals surface area contributed by atoms with Crippen LogP contribution in [0.1, 0.15) is 40.7 Å². The van der Waals surface area contributed by atoms with Crippen LogP contribution in [0.2, 0.25) is 5.02 Å². The second-order valence-corrected chi connectivity index (χ2v) is 8.43. The minimum Gasteiger partial charge on any atom is -0.468 e. The number of hydrogen-bond donors (Lipinski definition) is 0. The van der Waals surface area contributed by atoms with E-state index in [1.807, 2.05) is 6.92 Å². The highest BCUT2D eigenvalue weighted by Crippen LogP contribution is 2.50. The summed E-state index contributed by atoms with van der Waals surface area (Å²) < 4.78 is 10.8. The number of methoxy groups -OCH3 is 1. The van der Waals surface area contributed by atoms with E-state index in [-0.39, 0.29) is 17.6 Å². The van der Waals surface area contributed by atoms with E-state index in [1.54, 1.807) is 55.6 Å². The first-order valence-corrected chi connectivity index (χ1v) is 10.3. The number of rotatable bonds is 4. The van der Waals surface area contributed by atoms with E-state index in [2.05, 4.69) is 4.74 Å². The molecule has 0 saturated carbocycles. The Morgan fingerprint density at radius 1 is 1.23 bits per heavy atom. The maximum absolute atomic E-state index is 13.2. The van der Waals surface area contributed by atoms with Crippen LogP contribution in [-0.4, -0.2) is 42.4 Å². The molecule has 4 rings (SSSR count). The van der Waals surface area contributed by atoms with Gasteiger partial charge in [0, 0.05) is 30.0 Å². The number of carbonyl (C=O) groups excluding carboxylic acids is 3. The summed E-state index contributed by atoms with van der Waals surface area (Å²) in [4.78, 5) is 39.4. The van der Waals surface area contributed by atoms with Gasteiger partial charge in [-0.1, -0.05) is 29.8 Å². The summed E-state index contributed by atoms with van der Waals surface area (Å²) in [5.74, 6) is -1.53. The Hall–Kier alpha value is -3.12. The number of allylic oxidation sites excluding steroid dienone is 1. The monoisotopic (exact) mass is 439 g/mol. The average molecular weight is 440 g/mol. The van der Waals surface area contributed by atoms with Crippen LogP contribution < -0.4 is 4.74 Å². The number of piperidine rings is 1. The molecule has 2 bridgehead atoms. The van der Waals surface area contributed by atoms with Gasteiger partial charge in [0.1, 0.15) is 11.7 Å². The van der Waals surface area contributed by atoms with E-state index in [0.29, 0.717) is 22.8 Å². The molecular weight excluding hydrogens is 418 g/mol. The summed E-state index contributed by atoms with van der Waals surface area (Å²) in [7, 11) is 2.98. The third-order valence-corrected chi connectivity index (χ3v) is 6.32. The Morgan fingerprint density at radius 2 is 1.94 bits per heavy atom. The third-order valence-electron chi connectivity index (χ3n) is 6.09. The first-order valence-electron chi connectivity index (χ1n) is 9.90. The fourth-order valence-electron chi connectivity index (χ4n) is 4.27. The van der Waals surface area contributed by atoms with Gasteiger partial charge in [-0.05, 0) is 48.9 Å². The highest BCUT2D eigenvalue weighted by molar-refractivity contribution is 6.30. The number of benzene rings is 2. The number of fused-ring (bicyclic) bond motifs is 4. The maximum Gasteiger partial charge on any atom is 0.337 e. The Morgan fingerprint density at radius 3 is 2.61 bits per heavy atom. The van der Waals surface area contributed by atoms with E-state index >= 15 is 0 Å². The average Bonchev–Trinajstić information content (AvgIpc) is 2.76. The van der Waals surface area contributed by atoms with Crippen molar-refractivity contribution < 1.29 is 23.9 Å². The van der Waals surface area contributed by atoms with Crippen molar-refractivity contribution in [3.63, 3.8) is 0 Å². The molecule has 3 unspecified atom stereocenters. The molecule has 0 aromatic heterocycles. The van der Waals surface area contributed by atoms with Gasteiger partial charge in [-0.15, -0.1) is 0 Å². The van der Waals surface area contributed by atoms with Gasteiger partial charge < -0.3 is 14.4 Å². The van der Waals surface area contributed by atoms with Crippen LogP contribution in [0.4, 0.5) is 0 Å². The van der Waals surface area contributed by atoms with Crippen LogP contribution in [0.3, 0.4) is 0 Å². The number of hydrogen-bond acceptors (Lipinski definition) is 5. The number of likely N-dealkylation sites (tertiary alicyclic amines) is 1. The van der Waals surface area contributed by atoms with Crippen molar-refractivity contribution in [2.24, 2.45) is 5.92 Å². The van der Waals surface area contributed by atoms with E-state index in [0.717, 1.165) is 11.1 Å². The number of ketones is 1. The Balaban J connectivity index is 1.63.